The lowest BCUT2D eigenvalue weighted by Crippen LogP contribution is -2.54. The van der Waals surface area contributed by atoms with Crippen molar-refractivity contribution in [1.82, 2.24) is 45.1 Å². The number of aliphatic hydroxyl groups is 2. The molecule has 2 aliphatic carbocycles. The number of ether oxygens (including phenoxy) is 2. The van der Waals surface area contributed by atoms with E-state index in [0.717, 1.165) is 71.8 Å². The lowest BCUT2D eigenvalue weighted by Gasteiger charge is -2.37. The smallest absolute Gasteiger partial charge is 0.407 e. The first kappa shape index (κ1) is 43.0. The SMILES string of the molecule is Brc1nn2c(I)cnc2s1.CC(C)(C)OC(=O)N[C@H]1[C@H]2CN(c3nn4c(I)cnc4s3)C[C@H]2CC[C@@H]1O.CC(C)(C)OC(=O)N[C@H]1[C@H]2CNC[C@H]2CC[C@@H]1O. The average molecular weight is 1090 g/mol. The molecular weight excluding hydrogens is 1040 g/mol. The average Bonchev–Trinajstić information content (AvgIpc) is 3.92. The topological polar surface area (TPSA) is 193 Å². The molecule has 0 bridgehead atoms. The first-order chi connectivity index (χ1) is 25.8. The van der Waals surface area contributed by atoms with Gasteiger partial charge in [0.05, 0.1) is 36.7 Å². The van der Waals surface area contributed by atoms with Crippen LogP contribution in [-0.4, -0.2) is 113 Å². The van der Waals surface area contributed by atoms with E-state index in [4.69, 9.17) is 9.47 Å². The minimum absolute atomic E-state index is 0.177. The first-order valence-corrected chi connectivity index (χ1v) is 22.9. The summed E-state index contributed by atoms with van der Waals surface area (Å²) in [4.78, 5) is 36.6. The van der Waals surface area contributed by atoms with Crippen LogP contribution >= 0.6 is 83.8 Å². The zero-order valence-electron chi connectivity index (χ0n) is 31.5. The van der Waals surface area contributed by atoms with Gasteiger partial charge in [-0.05, 0) is 153 Å². The predicted molar refractivity (Wildman–Crippen MR) is 231 cm³/mol. The highest BCUT2D eigenvalue weighted by Crippen LogP contribution is 2.40. The van der Waals surface area contributed by atoms with Gasteiger partial charge in [0.1, 0.15) is 18.6 Å². The summed E-state index contributed by atoms with van der Waals surface area (Å²) in [5.41, 5.74) is -1.06. The van der Waals surface area contributed by atoms with E-state index in [-0.39, 0.29) is 18.0 Å². The minimum atomic E-state index is -0.558. The van der Waals surface area contributed by atoms with Crippen LogP contribution in [0.5, 0.6) is 0 Å². The molecule has 0 aromatic carbocycles. The molecule has 55 heavy (non-hydrogen) atoms. The summed E-state index contributed by atoms with van der Waals surface area (Å²) in [7, 11) is 0. The number of rotatable bonds is 3. The van der Waals surface area contributed by atoms with Crippen molar-refractivity contribution in [3.05, 3.63) is 23.7 Å². The molecule has 16 nitrogen and oxygen atoms in total. The number of carbonyl (C=O) groups excluding carboxylic acids is 2. The first-order valence-electron chi connectivity index (χ1n) is 18.3. The Balaban J connectivity index is 0.000000157. The summed E-state index contributed by atoms with van der Waals surface area (Å²) >= 11 is 10.8. The van der Waals surface area contributed by atoms with Gasteiger partial charge < -0.3 is 40.5 Å². The number of aliphatic hydroxyl groups excluding tert-OH is 2. The third-order valence-corrected chi connectivity index (χ3v) is 13.8. The van der Waals surface area contributed by atoms with E-state index >= 15 is 0 Å². The second-order valence-corrected chi connectivity index (χ2v) is 21.7. The fraction of sp³-hybridized carbons (Fsp3) is 0.706. The lowest BCUT2D eigenvalue weighted by atomic mass is 9.76. The Morgan fingerprint density at radius 2 is 1.33 bits per heavy atom. The molecule has 4 aliphatic rings. The van der Waals surface area contributed by atoms with E-state index < -0.39 is 35.6 Å². The Morgan fingerprint density at radius 3 is 1.87 bits per heavy atom. The molecule has 0 unspecified atom stereocenters. The van der Waals surface area contributed by atoms with E-state index in [1.165, 1.54) is 11.3 Å². The van der Waals surface area contributed by atoms with Gasteiger partial charge >= 0.3 is 12.2 Å². The lowest BCUT2D eigenvalue weighted by molar-refractivity contribution is 0.0184. The molecule has 21 heteroatoms. The molecule has 2 saturated heterocycles. The largest absolute Gasteiger partial charge is 0.444 e. The second-order valence-electron chi connectivity index (χ2n) is 16.3. The van der Waals surface area contributed by atoms with Crippen LogP contribution in [0.2, 0.25) is 0 Å². The van der Waals surface area contributed by atoms with Crippen molar-refractivity contribution >= 4 is 111 Å². The molecule has 0 spiro atoms. The summed E-state index contributed by atoms with van der Waals surface area (Å²) in [6.07, 6.45) is 5.13. The standard InChI is InChI=1S/C17H24IN5O3S.C13H24N2O3.C4HBrIN3S/c1-17(2,3)26-16(25)20-13-10-8-22(7-9(10)4-5-11(13)24)15-21-23-12(18)6-19-14(23)27-15;1-13(2,3)18-12(17)15-11-9-7-14-6-8(9)4-5-10(11)16;5-3-8-9-2(6)1-7-4(9)10-3/h6,9-11,13,24H,4-5,7-8H2,1-3H3,(H,20,25);8-11,14,16H,4-7H2,1-3H3,(H,15,17);1H/t9-,10+,11+,13+;8-,9+,10+,11+;/m11./s1. The molecule has 0 radical (unpaired) electrons. The molecule has 2 amide bonds. The third-order valence-electron chi connectivity index (χ3n) is 9.99. The molecule has 4 aromatic heterocycles. The quantitative estimate of drug-likeness (QED) is 0.162. The van der Waals surface area contributed by atoms with Crippen molar-refractivity contribution in [3.63, 3.8) is 0 Å². The van der Waals surface area contributed by atoms with E-state index in [1.807, 2.05) is 52.3 Å². The van der Waals surface area contributed by atoms with Gasteiger partial charge in [-0.1, -0.05) is 22.7 Å². The number of amides is 2. The molecule has 4 fully saturated rings. The summed E-state index contributed by atoms with van der Waals surface area (Å²) in [6.45, 7) is 14.5. The maximum absolute atomic E-state index is 12.3. The number of imidazole rings is 2. The van der Waals surface area contributed by atoms with E-state index in [2.05, 4.69) is 102 Å². The number of alkyl carbamates (subject to hydrolysis) is 2. The van der Waals surface area contributed by atoms with Gasteiger partial charge in [-0.2, -0.15) is 9.03 Å². The van der Waals surface area contributed by atoms with Crippen molar-refractivity contribution < 1.29 is 29.3 Å². The van der Waals surface area contributed by atoms with Crippen LogP contribution in [0.3, 0.4) is 0 Å². The number of nitrogens with zero attached hydrogens (tertiary/aromatic N) is 7. The van der Waals surface area contributed by atoms with E-state index in [0.29, 0.717) is 24.2 Å². The fourth-order valence-corrected chi connectivity index (χ4v) is 11.0. The van der Waals surface area contributed by atoms with Crippen molar-refractivity contribution in [3.8, 4) is 0 Å². The van der Waals surface area contributed by atoms with Crippen molar-refractivity contribution in [2.75, 3.05) is 31.1 Å². The Hall–Kier alpha value is -1.64. The van der Waals surface area contributed by atoms with Crippen LogP contribution in [0.1, 0.15) is 67.2 Å². The van der Waals surface area contributed by atoms with Crippen LogP contribution in [0.15, 0.2) is 16.3 Å². The normalized spacial score (nSPS) is 27.7. The van der Waals surface area contributed by atoms with Gasteiger partial charge in [0.25, 0.3) is 0 Å². The summed E-state index contributed by atoms with van der Waals surface area (Å²) in [5, 5.41) is 39.5. The molecule has 2 aliphatic heterocycles. The van der Waals surface area contributed by atoms with Crippen LogP contribution in [0, 0.1) is 31.1 Å². The van der Waals surface area contributed by atoms with E-state index in [1.54, 1.807) is 22.0 Å². The number of carbonyl (C=O) groups is 2. The van der Waals surface area contributed by atoms with Crippen molar-refractivity contribution in [2.24, 2.45) is 23.7 Å². The molecule has 304 valence electrons. The van der Waals surface area contributed by atoms with Gasteiger partial charge in [-0.25, -0.2) is 19.6 Å². The van der Waals surface area contributed by atoms with Crippen molar-refractivity contribution in [2.45, 2.75) is 103 Å². The van der Waals surface area contributed by atoms with Gasteiger partial charge in [0, 0.05) is 25.6 Å². The maximum atomic E-state index is 12.3. The fourth-order valence-electron chi connectivity index (χ4n) is 7.68. The highest BCUT2D eigenvalue weighted by molar-refractivity contribution is 14.1. The van der Waals surface area contributed by atoms with Crippen LogP contribution in [0.4, 0.5) is 14.7 Å². The number of hydrogen-bond acceptors (Lipinski definition) is 14. The highest BCUT2D eigenvalue weighted by atomic mass is 127. The Bertz CT molecular complexity index is 1950. The molecule has 6 heterocycles. The number of hydrogen-bond donors (Lipinski definition) is 5. The third kappa shape index (κ3) is 10.9. The van der Waals surface area contributed by atoms with E-state index in [9.17, 15) is 19.8 Å². The number of aromatic nitrogens is 6. The predicted octanol–water partition coefficient (Wildman–Crippen LogP) is 5.52. The molecule has 4 aromatic rings. The van der Waals surface area contributed by atoms with Crippen LogP contribution in [0.25, 0.3) is 9.92 Å². The number of anilines is 1. The van der Waals surface area contributed by atoms with Gasteiger partial charge in [-0.15, -0.1) is 10.2 Å². The summed E-state index contributed by atoms with van der Waals surface area (Å²) in [5.74, 6) is 1.48. The van der Waals surface area contributed by atoms with Crippen molar-refractivity contribution in [1.29, 1.82) is 0 Å². The Kier molecular flexibility index (Phi) is 13.8. The molecule has 5 N–H and O–H groups in total. The monoisotopic (exact) mass is 1090 g/mol. The number of halogens is 3. The van der Waals surface area contributed by atoms with Gasteiger partial charge in [0.2, 0.25) is 15.1 Å². The zero-order valence-corrected chi connectivity index (χ0v) is 39.1. The Labute approximate surface area is 363 Å². The molecule has 2 saturated carbocycles. The maximum Gasteiger partial charge on any atom is 0.407 e. The summed E-state index contributed by atoms with van der Waals surface area (Å²) < 4.78 is 17.2. The number of fused-ring (bicyclic) bond motifs is 4. The minimum Gasteiger partial charge on any atom is -0.444 e. The van der Waals surface area contributed by atoms with Crippen LogP contribution < -0.4 is 20.9 Å². The zero-order chi connectivity index (χ0) is 39.8. The number of nitrogens with one attached hydrogen (secondary N) is 3. The van der Waals surface area contributed by atoms with Gasteiger partial charge in [-0.3, -0.25) is 0 Å². The van der Waals surface area contributed by atoms with Crippen LogP contribution in [-0.2, 0) is 9.47 Å². The molecule has 8 atom stereocenters. The summed E-state index contributed by atoms with van der Waals surface area (Å²) in [6, 6.07) is -0.485. The van der Waals surface area contributed by atoms with Gasteiger partial charge in [0.15, 0.2) is 3.92 Å². The second kappa shape index (κ2) is 17.7. The Morgan fingerprint density at radius 1 is 0.800 bits per heavy atom. The molecule has 8 rings (SSSR count). The molecular formula is C34H49BrI2N10O6S2. The highest BCUT2D eigenvalue weighted by Gasteiger charge is 2.46.